The summed E-state index contributed by atoms with van der Waals surface area (Å²) >= 11 is 0. The van der Waals surface area contributed by atoms with E-state index < -0.39 is 0 Å². The number of piperazine rings is 1. The number of nitrogens with one attached hydrogen (secondary N) is 1. The number of rotatable bonds is 4. The van der Waals surface area contributed by atoms with E-state index in [1.54, 1.807) is 19.5 Å². The van der Waals surface area contributed by atoms with Gasteiger partial charge in [0.2, 0.25) is 0 Å². The predicted octanol–water partition coefficient (Wildman–Crippen LogP) is 3.44. The van der Waals surface area contributed by atoms with Gasteiger partial charge < -0.3 is 19.5 Å². The second-order valence-electron chi connectivity index (χ2n) is 6.98. The summed E-state index contributed by atoms with van der Waals surface area (Å²) in [4.78, 5) is 24.7. The molecule has 2 heterocycles. The molecule has 1 aliphatic heterocycles. The highest BCUT2D eigenvalue weighted by Gasteiger charge is 2.29. The summed E-state index contributed by atoms with van der Waals surface area (Å²) in [6.45, 7) is 4.30. The van der Waals surface area contributed by atoms with Gasteiger partial charge in [-0.1, -0.05) is 24.3 Å². The number of hydrogen-bond acceptors (Lipinski definition) is 4. The van der Waals surface area contributed by atoms with Crippen LogP contribution in [-0.2, 0) is 0 Å². The van der Waals surface area contributed by atoms with Crippen molar-refractivity contribution in [1.82, 2.24) is 14.9 Å². The lowest BCUT2D eigenvalue weighted by Crippen LogP contribution is -2.54. The van der Waals surface area contributed by atoms with Gasteiger partial charge in [-0.2, -0.15) is 0 Å². The van der Waals surface area contributed by atoms with Crippen molar-refractivity contribution < 1.29 is 9.53 Å². The Morgan fingerprint density at radius 3 is 2.79 bits per heavy atom. The summed E-state index contributed by atoms with van der Waals surface area (Å²) in [6, 6.07) is 15.7. The van der Waals surface area contributed by atoms with E-state index in [4.69, 9.17) is 4.74 Å². The Hall–Kier alpha value is -3.28. The van der Waals surface area contributed by atoms with Gasteiger partial charge in [-0.3, -0.25) is 4.79 Å². The third kappa shape index (κ3) is 3.45. The molecule has 1 aromatic heterocycles. The highest BCUT2D eigenvalue weighted by atomic mass is 16.5. The molecule has 4 rings (SSSR count). The zero-order valence-corrected chi connectivity index (χ0v) is 16.1. The zero-order chi connectivity index (χ0) is 19.5. The van der Waals surface area contributed by atoms with E-state index >= 15 is 0 Å². The minimum atomic E-state index is 0.0561. The molecule has 1 atom stereocenters. The summed E-state index contributed by atoms with van der Waals surface area (Å²) in [5.41, 5.74) is 2.67. The molecule has 6 nitrogen and oxygen atoms in total. The molecule has 2 aromatic carbocycles. The minimum absolute atomic E-state index is 0.0561. The van der Waals surface area contributed by atoms with E-state index in [1.165, 1.54) is 0 Å². The zero-order valence-electron chi connectivity index (χ0n) is 16.1. The number of methoxy groups -OCH3 is 1. The summed E-state index contributed by atoms with van der Waals surface area (Å²) in [6.07, 6.45) is 3.49. The Bertz CT molecular complexity index is 955. The van der Waals surface area contributed by atoms with Gasteiger partial charge in [0.1, 0.15) is 11.6 Å². The van der Waals surface area contributed by atoms with Gasteiger partial charge in [-0.05, 0) is 31.2 Å². The number of imidazole rings is 1. The van der Waals surface area contributed by atoms with Crippen LogP contribution in [0.15, 0.2) is 60.9 Å². The van der Waals surface area contributed by atoms with Crippen molar-refractivity contribution in [3.05, 3.63) is 66.5 Å². The predicted molar refractivity (Wildman–Crippen MR) is 110 cm³/mol. The van der Waals surface area contributed by atoms with Crippen LogP contribution in [0.5, 0.6) is 5.75 Å². The van der Waals surface area contributed by atoms with Gasteiger partial charge in [0.15, 0.2) is 0 Å². The fourth-order valence-electron chi connectivity index (χ4n) is 3.76. The maximum atomic E-state index is 13.2. The smallest absolute Gasteiger partial charge is 0.254 e. The van der Waals surface area contributed by atoms with Crippen molar-refractivity contribution in [3.8, 4) is 17.1 Å². The quantitative estimate of drug-likeness (QED) is 0.758. The van der Waals surface area contributed by atoms with Crippen LogP contribution >= 0.6 is 0 Å². The molecular formula is C22H24N4O2. The highest BCUT2D eigenvalue weighted by Crippen LogP contribution is 2.30. The number of benzene rings is 2. The number of ether oxygens (including phenoxy) is 1. The van der Waals surface area contributed by atoms with Crippen LogP contribution in [0.1, 0.15) is 17.3 Å². The van der Waals surface area contributed by atoms with Crippen molar-refractivity contribution in [2.24, 2.45) is 0 Å². The van der Waals surface area contributed by atoms with Crippen LogP contribution in [0.3, 0.4) is 0 Å². The number of para-hydroxylation sites is 2. The third-order valence-corrected chi connectivity index (χ3v) is 5.20. The molecule has 1 fully saturated rings. The molecule has 0 aliphatic carbocycles. The number of anilines is 1. The number of aromatic nitrogens is 2. The molecule has 1 saturated heterocycles. The largest absolute Gasteiger partial charge is 0.495 e. The van der Waals surface area contributed by atoms with E-state index in [1.807, 2.05) is 47.4 Å². The molecule has 0 unspecified atom stereocenters. The molecule has 3 aromatic rings. The van der Waals surface area contributed by atoms with Gasteiger partial charge in [-0.15, -0.1) is 0 Å². The first kappa shape index (κ1) is 18.1. The Labute approximate surface area is 164 Å². The van der Waals surface area contributed by atoms with Crippen LogP contribution in [0.25, 0.3) is 11.4 Å². The number of amides is 1. The standard InChI is InChI=1S/C22H24N4O2/c1-16-15-25(19-8-3-4-9-20(19)28-2)12-13-26(16)22(27)18-7-5-6-17(14-18)21-23-10-11-24-21/h3-11,14,16H,12-13,15H2,1-2H3,(H,23,24)/t16-/m0/s1. The van der Waals surface area contributed by atoms with Crippen molar-refractivity contribution in [2.75, 3.05) is 31.6 Å². The lowest BCUT2D eigenvalue weighted by Gasteiger charge is -2.41. The van der Waals surface area contributed by atoms with Crippen LogP contribution in [0, 0.1) is 0 Å². The first-order valence-corrected chi connectivity index (χ1v) is 9.46. The Morgan fingerprint density at radius 1 is 1.18 bits per heavy atom. The van der Waals surface area contributed by atoms with Crippen LogP contribution in [0.2, 0.25) is 0 Å². The molecule has 6 heteroatoms. The van der Waals surface area contributed by atoms with Crippen molar-refractivity contribution >= 4 is 11.6 Å². The molecule has 1 N–H and O–H groups in total. The molecule has 0 spiro atoms. The SMILES string of the molecule is COc1ccccc1N1CCN(C(=O)c2cccc(-c3ncc[nH]3)c2)[C@@H](C)C1. The number of carbonyl (C=O) groups excluding carboxylic acids is 1. The first-order chi connectivity index (χ1) is 13.7. The number of carbonyl (C=O) groups is 1. The third-order valence-electron chi connectivity index (χ3n) is 5.20. The lowest BCUT2D eigenvalue weighted by molar-refractivity contribution is 0.0674. The van der Waals surface area contributed by atoms with Crippen molar-refractivity contribution in [2.45, 2.75) is 13.0 Å². The van der Waals surface area contributed by atoms with E-state index in [-0.39, 0.29) is 11.9 Å². The Morgan fingerprint density at radius 2 is 2.04 bits per heavy atom. The van der Waals surface area contributed by atoms with E-state index in [9.17, 15) is 4.79 Å². The number of nitrogens with zero attached hydrogens (tertiary/aromatic N) is 3. The lowest BCUT2D eigenvalue weighted by atomic mass is 10.1. The Kier molecular flexibility index (Phi) is 5.02. The summed E-state index contributed by atoms with van der Waals surface area (Å²) in [7, 11) is 1.69. The van der Waals surface area contributed by atoms with Gasteiger partial charge in [-0.25, -0.2) is 4.98 Å². The van der Waals surface area contributed by atoms with Gasteiger partial charge >= 0.3 is 0 Å². The molecule has 1 aliphatic rings. The van der Waals surface area contributed by atoms with Gasteiger partial charge in [0.25, 0.3) is 5.91 Å². The summed E-state index contributed by atoms with van der Waals surface area (Å²) in [5.74, 6) is 1.69. The molecule has 144 valence electrons. The maximum absolute atomic E-state index is 13.2. The molecule has 0 radical (unpaired) electrons. The fraction of sp³-hybridized carbons (Fsp3) is 0.273. The van der Waals surface area contributed by atoms with E-state index in [0.717, 1.165) is 35.9 Å². The first-order valence-electron chi connectivity index (χ1n) is 9.46. The fourth-order valence-corrected chi connectivity index (χ4v) is 3.76. The van der Waals surface area contributed by atoms with E-state index in [0.29, 0.717) is 12.1 Å². The number of H-pyrrole nitrogens is 1. The molecule has 0 saturated carbocycles. The summed E-state index contributed by atoms with van der Waals surface area (Å²) in [5, 5.41) is 0. The molecule has 0 bridgehead atoms. The van der Waals surface area contributed by atoms with E-state index in [2.05, 4.69) is 27.9 Å². The number of aromatic amines is 1. The van der Waals surface area contributed by atoms with Gasteiger partial charge in [0.05, 0.1) is 12.8 Å². The van der Waals surface area contributed by atoms with Crippen LogP contribution in [-0.4, -0.2) is 53.6 Å². The second-order valence-corrected chi connectivity index (χ2v) is 6.98. The van der Waals surface area contributed by atoms with Crippen molar-refractivity contribution in [3.63, 3.8) is 0 Å². The maximum Gasteiger partial charge on any atom is 0.254 e. The monoisotopic (exact) mass is 376 g/mol. The number of hydrogen-bond donors (Lipinski definition) is 1. The van der Waals surface area contributed by atoms with Crippen LogP contribution in [0.4, 0.5) is 5.69 Å². The molecule has 28 heavy (non-hydrogen) atoms. The topological polar surface area (TPSA) is 61.5 Å². The minimum Gasteiger partial charge on any atom is -0.495 e. The Balaban J connectivity index is 1.51. The van der Waals surface area contributed by atoms with Crippen molar-refractivity contribution in [1.29, 1.82) is 0 Å². The van der Waals surface area contributed by atoms with Crippen LogP contribution < -0.4 is 9.64 Å². The highest BCUT2D eigenvalue weighted by molar-refractivity contribution is 5.95. The molecule has 1 amide bonds. The summed E-state index contributed by atoms with van der Waals surface area (Å²) < 4.78 is 5.49. The average Bonchev–Trinajstić information content (AvgIpc) is 3.28. The van der Waals surface area contributed by atoms with Gasteiger partial charge in [0, 0.05) is 49.2 Å². The molecular weight excluding hydrogens is 352 g/mol. The second kappa shape index (κ2) is 7.76. The normalized spacial score (nSPS) is 16.9. The average molecular weight is 376 g/mol.